The Bertz CT molecular complexity index is 518. The summed E-state index contributed by atoms with van der Waals surface area (Å²) in [4.78, 5) is 14.9. The van der Waals surface area contributed by atoms with E-state index in [-0.39, 0.29) is 6.04 Å². The lowest BCUT2D eigenvalue weighted by atomic mass is 10.0. The third kappa shape index (κ3) is 8.38. The second-order valence-electron chi connectivity index (χ2n) is 7.55. The second-order valence-corrected chi connectivity index (χ2v) is 7.55. The molecule has 2 heteroatoms. The summed E-state index contributed by atoms with van der Waals surface area (Å²) in [6.45, 7) is 11.6. The SMILES string of the molecule is CCCCCC(=Cc1ccccc1)CN(C(=O)CC(C)C)C(C)CC. The Morgan fingerprint density at radius 3 is 2.32 bits per heavy atom. The fraction of sp³-hybridized carbons (Fsp3) is 0.609. The first-order valence-electron chi connectivity index (χ1n) is 10.0. The van der Waals surface area contributed by atoms with Gasteiger partial charge in [-0.1, -0.05) is 82.5 Å². The molecule has 1 atom stereocenters. The zero-order valence-electron chi connectivity index (χ0n) is 16.9. The van der Waals surface area contributed by atoms with Crippen LogP contribution in [0, 0.1) is 5.92 Å². The van der Waals surface area contributed by atoms with Crippen LogP contribution in [0.15, 0.2) is 35.9 Å². The summed E-state index contributed by atoms with van der Waals surface area (Å²) < 4.78 is 0. The summed E-state index contributed by atoms with van der Waals surface area (Å²) >= 11 is 0. The first-order chi connectivity index (χ1) is 12.0. The highest BCUT2D eigenvalue weighted by Gasteiger charge is 2.20. The molecular weight excluding hydrogens is 306 g/mol. The summed E-state index contributed by atoms with van der Waals surface area (Å²) in [5, 5.41) is 0. The number of hydrogen-bond acceptors (Lipinski definition) is 1. The van der Waals surface area contributed by atoms with Gasteiger partial charge in [-0.25, -0.2) is 0 Å². The standard InChI is InChI=1S/C23H37NO/c1-6-8-10-15-22(17-21-13-11-9-12-14-21)18-24(20(5)7-2)23(25)16-19(3)4/h9,11-14,17,19-20H,6-8,10,15-16,18H2,1-5H3. The van der Waals surface area contributed by atoms with Crippen LogP contribution in [0.5, 0.6) is 0 Å². The highest BCUT2D eigenvalue weighted by molar-refractivity contribution is 5.77. The zero-order valence-corrected chi connectivity index (χ0v) is 16.9. The number of benzene rings is 1. The van der Waals surface area contributed by atoms with Crippen molar-refractivity contribution in [2.75, 3.05) is 6.54 Å². The van der Waals surface area contributed by atoms with Gasteiger partial charge in [-0.2, -0.15) is 0 Å². The molecule has 1 amide bonds. The maximum Gasteiger partial charge on any atom is 0.223 e. The molecule has 0 aliphatic carbocycles. The largest absolute Gasteiger partial charge is 0.336 e. The maximum atomic E-state index is 12.8. The lowest BCUT2D eigenvalue weighted by Crippen LogP contribution is -2.40. The number of carbonyl (C=O) groups is 1. The van der Waals surface area contributed by atoms with Gasteiger partial charge in [-0.3, -0.25) is 4.79 Å². The fourth-order valence-corrected chi connectivity index (χ4v) is 2.98. The van der Waals surface area contributed by atoms with Gasteiger partial charge < -0.3 is 4.90 Å². The van der Waals surface area contributed by atoms with Gasteiger partial charge >= 0.3 is 0 Å². The van der Waals surface area contributed by atoms with Gasteiger partial charge in [0.15, 0.2) is 0 Å². The highest BCUT2D eigenvalue weighted by Crippen LogP contribution is 2.19. The molecule has 0 aliphatic rings. The molecule has 0 saturated carbocycles. The molecule has 140 valence electrons. The van der Waals surface area contributed by atoms with Crippen molar-refractivity contribution in [3.63, 3.8) is 0 Å². The molecule has 0 heterocycles. The minimum Gasteiger partial charge on any atom is -0.336 e. The van der Waals surface area contributed by atoms with E-state index in [0.717, 1.165) is 19.4 Å². The van der Waals surface area contributed by atoms with Gasteiger partial charge in [-0.05, 0) is 37.7 Å². The summed E-state index contributed by atoms with van der Waals surface area (Å²) in [6, 6.07) is 10.8. The Morgan fingerprint density at radius 2 is 1.76 bits per heavy atom. The van der Waals surface area contributed by atoms with Crippen LogP contribution >= 0.6 is 0 Å². The molecule has 0 aromatic heterocycles. The lowest BCUT2D eigenvalue weighted by molar-refractivity contribution is -0.133. The number of carbonyl (C=O) groups excluding carboxylic acids is 1. The Labute approximate surface area is 155 Å². The first-order valence-corrected chi connectivity index (χ1v) is 10.0. The Hall–Kier alpha value is -1.57. The van der Waals surface area contributed by atoms with E-state index in [9.17, 15) is 4.79 Å². The van der Waals surface area contributed by atoms with Crippen LogP contribution in [-0.4, -0.2) is 23.4 Å². The van der Waals surface area contributed by atoms with Crippen LogP contribution < -0.4 is 0 Å². The highest BCUT2D eigenvalue weighted by atomic mass is 16.2. The number of nitrogens with zero attached hydrogens (tertiary/aromatic N) is 1. The Kier molecular flexibility index (Phi) is 10.2. The molecule has 0 saturated heterocycles. The molecule has 1 rings (SSSR count). The predicted molar refractivity (Wildman–Crippen MR) is 109 cm³/mol. The normalized spacial score (nSPS) is 13.1. The molecule has 0 fully saturated rings. The summed E-state index contributed by atoms with van der Waals surface area (Å²) in [6.07, 6.45) is 8.66. The monoisotopic (exact) mass is 343 g/mol. The summed E-state index contributed by atoms with van der Waals surface area (Å²) in [5.41, 5.74) is 2.60. The maximum absolute atomic E-state index is 12.8. The van der Waals surface area contributed by atoms with Gasteiger partial charge in [0.25, 0.3) is 0 Å². The minimum atomic E-state index is 0.289. The number of rotatable bonds is 11. The topological polar surface area (TPSA) is 20.3 Å². The average molecular weight is 344 g/mol. The van der Waals surface area contributed by atoms with Crippen LogP contribution in [0.25, 0.3) is 6.08 Å². The molecule has 0 bridgehead atoms. The molecule has 0 N–H and O–H groups in total. The van der Waals surface area contributed by atoms with E-state index in [4.69, 9.17) is 0 Å². The molecule has 2 nitrogen and oxygen atoms in total. The smallest absolute Gasteiger partial charge is 0.223 e. The molecule has 1 aromatic rings. The molecule has 1 unspecified atom stereocenters. The van der Waals surface area contributed by atoms with E-state index in [0.29, 0.717) is 18.2 Å². The first kappa shape index (κ1) is 21.5. The van der Waals surface area contributed by atoms with E-state index >= 15 is 0 Å². The van der Waals surface area contributed by atoms with Crippen LogP contribution in [0.1, 0.15) is 78.7 Å². The van der Waals surface area contributed by atoms with Crippen LogP contribution in [0.4, 0.5) is 0 Å². The van der Waals surface area contributed by atoms with E-state index in [2.05, 4.69) is 69.9 Å². The minimum absolute atomic E-state index is 0.289. The van der Waals surface area contributed by atoms with Crippen molar-refractivity contribution in [1.29, 1.82) is 0 Å². The number of unbranched alkanes of at least 4 members (excludes halogenated alkanes) is 2. The van der Waals surface area contributed by atoms with Gasteiger partial charge in [0.2, 0.25) is 5.91 Å². The average Bonchev–Trinajstić information content (AvgIpc) is 2.59. The van der Waals surface area contributed by atoms with Crippen molar-refractivity contribution in [1.82, 2.24) is 4.90 Å². The van der Waals surface area contributed by atoms with Crippen molar-refractivity contribution in [3.05, 3.63) is 41.5 Å². The molecule has 0 spiro atoms. The molecule has 0 aliphatic heterocycles. The molecule has 25 heavy (non-hydrogen) atoms. The van der Waals surface area contributed by atoms with Crippen molar-refractivity contribution in [2.24, 2.45) is 5.92 Å². The van der Waals surface area contributed by atoms with Gasteiger partial charge in [-0.15, -0.1) is 0 Å². The van der Waals surface area contributed by atoms with Gasteiger partial charge in [0.05, 0.1) is 0 Å². The van der Waals surface area contributed by atoms with Crippen molar-refractivity contribution in [3.8, 4) is 0 Å². The lowest BCUT2D eigenvalue weighted by Gasteiger charge is -2.30. The molecule has 1 aromatic carbocycles. The van der Waals surface area contributed by atoms with Crippen LogP contribution in [0.3, 0.4) is 0 Å². The molecule has 0 radical (unpaired) electrons. The second kappa shape index (κ2) is 11.9. The van der Waals surface area contributed by atoms with E-state index in [1.807, 2.05) is 6.07 Å². The van der Waals surface area contributed by atoms with Crippen molar-refractivity contribution >= 4 is 12.0 Å². The predicted octanol–water partition coefficient (Wildman–Crippen LogP) is 6.32. The van der Waals surface area contributed by atoms with E-state index in [1.54, 1.807) is 0 Å². The number of amides is 1. The third-order valence-electron chi connectivity index (χ3n) is 4.67. The quantitative estimate of drug-likeness (QED) is 0.430. The van der Waals surface area contributed by atoms with E-state index in [1.165, 1.54) is 30.4 Å². The van der Waals surface area contributed by atoms with E-state index < -0.39 is 0 Å². The zero-order chi connectivity index (χ0) is 18.7. The summed E-state index contributed by atoms with van der Waals surface area (Å²) in [5.74, 6) is 0.694. The third-order valence-corrected chi connectivity index (χ3v) is 4.67. The van der Waals surface area contributed by atoms with Gasteiger partial charge in [0.1, 0.15) is 0 Å². The van der Waals surface area contributed by atoms with Gasteiger partial charge in [0, 0.05) is 19.0 Å². The Balaban J connectivity index is 2.96. The summed E-state index contributed by atoms with van der Waals surface area (Å²) in [7, 11) is 0. The fourth-order valence-electron chi connectivity index (χ4n) is 2.98. The van der Waals surface area contributed by atoms with Crippen LogP contribution in [0.2, 0.25) is 0 Å². The number of hydrogen-bond donors (Lipinski definition) is 0. The molecular formula is C23H37NO. The van der Waals surface area contributed by atoms with Crippen molar-refractivity contribution < 1.29 is 4.79 Å². The van der Waals surface area contributed by atoms with Crippen LogP contribution in [-0.2, 0) is 4.79 Å². The Morgan fingerprint density at radius 1 is 1.08 bits per heavy atom. The van der Waals surface area contributed by atoms with Crippen molar-refractivity contribution in [2.45, 2.75) is 79.2 Å².